The Morgan fingerprint density at radius 2 is 1.94 bits per heavy atom. The first kappa shape index (κ1) is 25.5. The highest BCUT2D eigenvalue weighted by Crippen LogP contribution is 2.26. The number of hydrogen-bond acceptors (Lipinski definition) is 3. The molecule has 8 heteroatoms. The van der Waals surface area contributed by atoms with E-state index in [9.17, 15) is 4.79 Å². The van der Waals surface area contributed by atoms with Gasteiger partial charge in [0.1, 0.15) is 12.4 Å². The molecule has 0 bridgehead atoms. The van der Waals surface area contributed by atoms with Gasteiger partial charge in [-0.1, -0.05) is 49.6 Å². The molecule has 1 atom stereocenters. The lowest BCUT2D eigenvalue weighted by Crippen LogP contribution is -2.45. The van der Waals surface area contributed by atoms with Gasteiger partial charge in [-0.25, -0.2) is 9.98 Å². The van der Waals surface area contributed by atoms with Crippen LogP contribution in [0, 0.1) is 5.92 Å². The van der Waals surface area contributed by atoms with Gasteiger partial charge in [0.25, 0.3) is 0 Å². The molecule has 1 aliphatic heterocycles. The summed E-state index contributed by atoms with van der Waals surface area (Å²) < 4.78 is 2.14. The number of nitrogens with zero attached hydrogens (tertiary/aromatic N) is 4. The number of amides is 1. The molecule has 2 aliphatic rings. The van der Waals surface area contributed by atoms with Gasteiger partial charge in [0.2, 0.25) is 5.91 Å². The molecule has 2 fully saturated rings. The van der Waals surface area contributed by atoms with E-state index in [0.717, 1.165) is 57.2 Å². The van der Waals surface area contributed by atoms with E-state index in [2.05, 4.69) is 56.3 Å². The van der Waals surface area contributed by atoms with Crippen LogP contribution in [0.3, 0.4) is 0 Å². The van der Waals surface area contributed by atoms with Crippen molar-refractivity contribution in [1.82, 2.24) is 25.1 Å². The van der Waals surface area contributed by atoms with Crippen molar-refractivity contribution in [1.29, 1.82) is 0 Å². The SMILES string of the molecule is CCNC(=NCc1nccn1Cc1ccccc1)NC1CCN(C(=O)C2CCCCC2)C1.I. The third kappa shape index (κ3) is 7.19. The number of benzene rings is 1. The summed E-state index contributed by atoms with van der Waals surface area (Å²) in [5.41, 5.74) is 1.24. The Hall–Kier alpha value is -2.10. The average Bonchev–Trinajstić information content (AvgIpc) is 3.48. The minimum atomic E-state index is 0. The number of carbonyl (C=O) groups is 1. The second kappa shape index (κ2) is 13.0. The van der Waals surface area contributed by atoms with Crippen LogP contribution in [-0.4, -0.2) is 52.0 Å². The molecule has 1 saturated carbocycles. The molecule has 180 valence electrons. The highest BCUT2D eigenvalue weighted by molar-refractivity contribution is 14.0. The molecule has 1 amide bonds. The number of rotatable bonds is 7. The van der Waals surface area contributed by atoms with Crippen LogP contribution < -0.4 is 10.6 Å². The molecule has 33 heavy (non-hydrogen) atoms. The largest absolute Gasteiger partial charge is 0.357 e. The fourth-order valence-corrected chi connectivity index (χ4v) is 4.76. The number of aromatic nitrogens is 2. The number of hydrogen-bond donors (Lipinski definition) is 2. The Morgan fingerprint density at radius 1 is 1.15 bits per heavy atom. The number of likely N-dealkylation sites (tertiary alicyclic amines) is 1. The molecule has 2 N–H and O–H groups in total. The van der Waals surface area contributed by atoms with E-state index in [1.807, 2.05) is 18.5 Å². The Balaban J connectivity index is 0.00000306. The van der Waals surface area contributed by atoms with Crippen LogP contribution in [0.4, 0.5) is 0 Å². The summed E-state index contributed by atoms with van der Waals surface area (Å²) in [6.45, 7) is 5.77. The summed E-state index contributed by atoms with van der Waals surface area (Å²) >= 11 is 0. The van der Waals surface area contributed by atoms with Crippen molar-refractivity contribution in [3.63, 3.8) is 0 Å². The van der Waals surface area contributed by atoms with E-state index < -0.39 is 0 Å². The van der Waals surface area contributed by atoms with Crippen molar-refractivity contribution in [3.05, 3.63) is 54.1 Å². The van der Waals surface area contributed by atoms with Crippen molar-refractivity contribution < 1.29 is 4.79 Å². The fourth-order valence-electron chi connectivity index (χ4n) is 4.76. The van der Waals surface area contributed by atoms with Gasteiger partial charge in [0.15, 0.2) is 5.96 Å². The Labute approximate surface area is 214 Å². The molecule has 2 aromatic rings. The van der Waals surface area contributed by atoms with Crippen LogP contribution in [0.25, 0.3) is 0 Å². The van der Waals surface area contributed by atoms with Gasteiger partial charge in [-0.15, -0.1) is 24.0 Å². The number of carbonyl (C=O) groups excluding carboxylic acids is 1. The Kier molecular flexibility index (Phi) is 10.0. The lowest BCUT2D eigenvalue weighted by molar-refractivity contribution is -0.135. The third-order valence-electron chi connectivity index (χ3n) is 6.52. The maximum atomic E-state index is 12.9. The molecule has 1 aromatic heterocycles. The van der Waals surface area contributed by atoms with E-state index in [1.54, 1.807) is 0 Å². The maximum Gasteiger partial charge on any atom is 0.225 e. The summed E-state index contributed by atoms with van der Waals surface area (Å²) in [7, 11) is 0. The minimum absolute atomic E-state index is 0. The van der Waals surface area contributed by atoms with Gasteiger partial charge >= 0.3 is 0 Å². The Bertz CT molecular complexity index is 893. The second-order valence-corrected chi connectivity index (χ2v) is 8.90. The smallest absolute Gasteiger partial charge is 0.225 e. The van der Waals surface area contributed by atoms with Crippen molar-refractivity contribution >= 4 is 35.8 Å². The predicted octanol–water partition coefficient (Wildman–Crippen LogP) is 3.79. The van der Waals surface area contributed by atoms with Gasteiger partial charge in [-0.3, -0.25) is 4.79 Å². The second-order valence-electron chi connectivity index (χ2n) is 8.90. The van der Waals surface area contributed by atoms with Crippen LogP contribution in [-0.2, 0) is 17.9 Å². The van der Waals surface area contributed by atoms with Crippen LogP contribution in [0.2, 0.25) is 0 Å². The first-order valence-corrected chi connectivity index (χ1v) is 12.1. The van der Waals surface area contributed by atoms with Crippen LogP contribution in [0.1, 0.15) is 56.8 Å². The summed E-state index contributed by atoms with van der Waals surface area (Å²) in [5, 5.41) is 6.89. The molecule has 1 aliphatic carbocycles. The van der Waals surface area contributed by atoms with Crippen molar-refractivity contribution in [2.45, 2.75) is 64.6 Å². The first-order chi connectivity index (χ1) is 15.7. The predicted molar refractivity (Wildman–Crippen MR) is 143 cm³/mol. The summed E-state index contributed by atoms with van der Waals surface area (Å²) in [4.78, 5) is 24.2. The number of guanidine groups is 1. The topological polar surface area (TPSA) is 74.6 Å². The molecule has 1 saturated heterocycles. The van der Waals surface area contributed by atoms with Crippen LogP contribution in [0.5, 0.6) is 0 Å². The fraction of sp³-hybridized carbons (Fsp3) is 0.560. The van der Waals surface area contributed by atoms with Gasteiger partial charge in [0.05, 0.1) is 0 Å². The van der Waals surface area contributed by atoms with E-state index in [0.29, 0.717) is 12.5 Å². The van der Waals surface area contributed by atoms with Crippen LogP contribution in [0.15, 0.2) is 47.7 Å². The zero-order valence-electron chi connectivity index (χ0n) is 19.6. The standard InChI is InChI=1S/C25H36N6O.HI/c1-2-26-25(28-17-23-27-14-16-30(23)18-20-9-5-3-6-10-20)29-22-13-15-31(19-22)24(32)21-11-7-4-8-12-21;/h3,5-6,9-10,14,16,21-22H,2,4,7-8,11-13,15,17-19H2,1H3,(H2,26,28,29);1H. The molecule has 1 aromatic carbocycles. The van der Waals surface area contributed by atoms with Crippen molar-refractivity contribution in [3.8, 4) is 0 Å². The summed E-state index contributed by atoms with van der Waals surface area (Å²) in [5.74, 6) is 2.33. The lowest BCUT2D eigenvalue weighted by atomic mass is 9.88. The minimum Gasteiger partial charge on any atom is -0.357 e. The zero-order valence-corrected chi connectivity index (χ0v) is 21.9. The zero-order chi connectivity index (χ0) is 22.2. The third-order valence-corrected chi connectivity index (χ3v) is 6.52. The van der Waals surface area contributed by atoms with Crippen molar-refractivity contribution in [2.75, 3.05) is 19.6 Å². The highest BCUT2D eigenvalue weighted by atomic mass is 127. The molecule has 1 unspecified atom stereocenters. The number of imidazole rings is 1. The molecule has 0 spiro atoms. The Morgan fingerprint density at radius 3 is 2.70 bits per heavy atom. The molecule has 7 nitrogen and oxygen atoms in total. The number of nitrogens with one attached hydrogen (secondary N) is 2. The van der Waals surface area contributed by atoms with Crippen molar-refractivity contribution in [2.24, 2.45) is 10.9 Å². The monoisotopic (exact) mass is 564 g/mol. The van der Waals surface area contributed by atoms with Gasteiger partial charge in [-0.05, 0) is 31.7 Å². The first-order valence-electron chi connectivity index (χ1n) is 12.1. The van der Waals surface area contributed by atoms with Gasteiger partial charge in [-0.2, -0.15) is 0 Å². The lowest BCUT2D eigenvalue weighted by Gasteiger charge is -2.26. The molecular weight excluding hydrogens is 527 g/mol. The normalized spacial score (nSPS) is 19.2. The van der Waals surface area contributed by atoms with Crippen LogP contribution >= 0.6 is 24.0 Å². The average molecular weight is 565 g/mol. The highest BCUT2D eigenvalue weighted by Gasteiger charge is 2.31. The summed E-state index contributed by atoms with van der Waals surface area (Å²) in [6, 6.07) is 10.6. The number of aliphatic imine (C=N–C) groups is 1. The molecule has 2 heterocycles. The van der Waals surface area contributed by atoms with E-state index in [4.69, 9.17) is 4.99 Å². The molecule has 0 radical (unpaired) electrons. The van der Waals surface area contributed by atoms with E-state index in [-0.39, 0.29) is 35.9 Å². The van der Waals surface area contributed by atoms with Gasteiger partial charge < -0.3 is 20.1 Å². The van der Waals surface area contributed by atoms with E-state index in [1.165, 1.54) is 24.8 Å². The summed E-state index contributed by atoms with van der Waals surface area (Å²) in [6.07, 6.45) is 10.6. The molecule has 4 rings (SSSR count). The van der Waals surface area contributed by atoms with Gasteiger partial charge in [0, 0.05) is 50.5 Å². The number of halogens is 1. The maximum absolute atomic E-state index is 12.9. The molecular formula is C25H37IN6O. The quantitative estimate of drug-likeness (QED) is 0.305. The van der Waals surface area contributed by atoms with E-state index >= 15 is 0 Å².